The van der Waals surface area contributed by atoms with Crippen LogP contribution in [-0.2, 0) is 24.1 Å². The van der Waals surface area contributed by atoms with Crippen molar-refractivity contribution < 1.29 is 36.9 Å². The molecule has 1 saturated heterocycles. The van der Waals surface area contributed by atoms with E-state index in [2.05, 4.69) is 4.98 Å². The molecular formula is C25H23F4N3O4. The Morgan fingerprint density at radius 3 is 2.50 bits per heavy atom. The number of benzene rings is 2. The first-order valence-electron chi connectivity index (χ1n) is 11.0. The summed E-state index contributed by atoms with van der Waals surface area (Å²) in [4.78, 5) is 16.1. The Labute approximate surface area is 204 Å². The molecule has 3 aromatic rings. The number of pyridine rings is 1. The number of carbonyl (C=O) groups excluding carboxylic acids is 1. The lowest BCUT2D eigenvalue weighted by Gasteiger charge is -2.23. The largest absolute Gasteiger partial charge is 0.485 e. The summed E-state index contributed by atoms with van der Waals surface area (Å²) < 4.78 is 65.8. The molecular weight excluding hydrogens is 482 g/mol. The molecule has 4 rings (SSSR count). The van der Waals surface area contributed by atoms with Gasteiger partial charge in [-0.25, -0.2) is 9.37 Å². The Hall–Kier alpha value is -3.70. The van der Waals surface area contributed by atoms with Crippen molar-refractivity contribution in [3.63, 3.8) is 0 Å². The van der Waals surface area contributed by atoms with E-state index in [4.69, 9.17) is 15.2 Å². The first-order valence-corrected chi connectivity index (χ1v) is 11.0. The maximum atomic E-state index is 14.1. The highest BCUT2D eigenvalue weighted by Gasteiger charge is 2.42. The normalized spacial score (nSPS) is 19.8. The van der Waals surface area contributed by atoms with Crippen molar-refractivity contribution >= 4 is 6.41 Å². The minimum atomic E-state index is -4.73. The van der Waals surface area contributed by atoms with Crippen LogP contribution >= 0.6 is 0 Å². The minimum absolute atomic E-state index is 0.0291. The average molecular weight is 505 g/mol. The fourth-order valence-corrected chi connectivity index (χ4v) is 3.94. The van der Waals surface area contributed by atoms with E-state index in [1.54, 1.807) is 0 Å². The summed E-state index contributed by atoms with van der Waals surface area (Å²) in [6, 6.07) is 14.6. The summed E-state index contributed by atoms with van der Waals surface area (Å²) in [7, 11) is 0. The molecule has 3 unspecified atom stereocenters. The zero-order valence-electron chi connectivity index (χ0n) is 18.9. The van der Waals surface area contributed by atoms with Crippen LogP contribution in [0.25, 0.3) is 0 Å². The summed E-state index contributed by atoms with van der Waals surface area (Å²) in [5.41, 5.74) is 5.66. The van der Waals surface area contributed by atoms with Crippen molar-refractivity contribution in [2.24, 2.45) is 5.73 Å². The quantitative estimate of drug-likeness (QED) is 0.353. The van der Waals surface area contributed by atoms with Crippen LogP contribution in [0.15, 0.2) is 60.7 Å². The highest BCUT2D eigenvalue weighted by Crippen LogP contribution is 2.40. The van der Waals surface area contributed by atoms with E-state index in [-0.39, 0.29) is 42.6 Å². The molecule has 0 aliphatic carbocycles. The second-order valence-corrected chi connectivity index (χ2v) is 8.24. The predicted molar refractivity (Wildman–Crippen MR) is 121 cm³/mol. The molecule has 0 saturated carbocycles. The van der Waals surface area contributed by atoms with Gasteiger partial charge in [0.05, 0.1) is 12.6 Å². The molecule has 3 atom stereocenters. The summed E-state index contributed by atoms with van der Waals surface area (Å²) in [6.07, 6.45) is -7.45. The molecule has 11 heteroatoms. The van der Waals surface area contributed by atoms with E-state index in [1.807, 2.05) is 30.3 Å². The van der Waals surface area contributed by atoms with E-state index >= 15 is 0 Å². The number of nitrogens with zero attached hydrogens (tertiary/aromatic N) is 2. The van der Waals surface area contributed by atoms with Crippen LogP contribution in [0.4, 0.5) is 17.6 Å². The molecule has 1 aromatic heterocycles. The highest BCUT2D eigenvalue weighted by atomic mass is 19.4. The maximum Gasteiger partial charge on any atom is 0.433 e. The number of aliphatic hydroxyl groups excluding tert-OH is 1. The number of hydrogen-bond donors (Lipinski definition) is 2. The Kier molecular flexibility index (Phi) is 7.41. The van der Waals surface area contributed by atoms with E-state index in [0.717, 1.165) is 16.5 Å². The van der Waals surface area contributed by atoms with Crippen LogP contribution in [0.5, 0.6) is 17.4 Å². The number of alkyl halides is 4. The molecule has 0 spiro atoms. The smallest absolute Gasteiger partial charge is 0.433 e. The predicted octanol–water partition coefficient (Wildman–Crippen LogP) is 4.14. The van der Waals surface area contributed by atoms with Gasteiger partial charge in [0, 0.05) is 12.6 Å². The number of halogens is 4. The lowest BCUT2D eigenvalue weighted by atomic mass is 10.0. The van der Waals surface area contributed by atoms with E-state index in [1.165, 1.54) is 24.3 Å². The molecule has 2 heterocycles. The van der Waals surface area contributed by atoms with Crippen molar-refractivity contribution in [1.29, 1.82) is 0 Å². The van der Waals surface area contributed by atoms with Crippen molar-refractivity contribution in [3.8, 4) is 17.4 Å². The number of likely N-dealkylation sites (tertiary alicyclic amines) is 1. The van der Waals surface area contributed by atoms with Gasteiger partial charge in [0.2, 0.25) is 12.3 Å². The molecule has 7 nitrogen and oxygen atoms in total. The van der Waals surface area contributed by atoms with Crippen molar-refractivity contribution in [2.75, 3.05) is 6.54 Å². The third-order valence-corrected chi connectivity index (χ3v) is 5.72. The topological polar surface area (TPSA) is 97.9 Å². The van der Waals surface area contributed by atoms with Crippen LogP contribution in [0, 0.1) is 0 Å². The second-order valence-electron chi connectivity index (χ2n) is 8.24. The molecule has 2 aromatic carbocycles. The van der Waals surface area contributed by atoms with Crippen molar-refractivity contribution in [1.82, 2.24) is 9.88 Å². The molecule has 0 radical (unpaired) electrons. The molecule has 36 heavy (non-hydrogen) atoms. The summed E-state index contributed by atoms with van der Waals surface area (Å²) >= 11 is 0. The Morgan fingerprint density at radius 1 is 1.08 bits per heavy atom. The standard InChI is InChI=1S/C25H23F4N3O4/c26-18-12-32(14-33)23(24(18)34)17-6-7-19(35-13-15-4-2-1-3-5-15)20(10-17)36-22-9-16(11-30)8-21(31-22)25(27,28)29/h1-10,14,18,23-24,34H,11-13,30H2. The first-order chi connectivity index (χ1) is 17.2. The fraction of sp³-hybridized carbons (Fsp3) is 0.280. The van der Waals surface area contributed by atoms with Crippen molar-refractivity contribution in [3.05, 3.63) is 83.0 Å². The fourth-order valence-electron chi connectivity index (χ4n) is 3.94. The number of aromatic nitrogens is 1. The van der Waals surface area contributed by atoms with Gasteiger partial charge in [-0.2, -0.15) is 13.2 Å². The first kappa shape index (κ1) is 25.4. The number of carbonyl (C=O) groups is 1. The zero-order valence-corrected chi connectivity index (χ0v) is 18.9. The molecule has 0 bridgehead atoms. The van der Waals surface area contributed by atoms with Gasteiger partial charge >= 0.3 is 6.18 Å². The van der Waals surface area contributed by atoms with Crippen LogP contribution in [0.1, 0.15) is 28.4 Å². The van der Waals surface area contributed by atoms with Gasteiger partial charge < -0.3 is 25.2 Å². The number of rotatable bonds is 8. The van der Waals surface area contributed by atoms with E-state index in [9.17, 15) is 27.5 Å². The number of nitrogens with two attached hydrogens (primary N) is 1. The zero-order chi connectivity index (χ0) is 25.9. The summed E-state index contributed by atoms with van der Waals surface area (Å²) in [6.45, 7) is -0.355. The minimum Gasteiger partial charge on any atom is -0.485 e. The maximum absolute atomic E-state index is 14.1. The second kappa shape index (κ2) is 10.5. The third-order valence-electron chi connectivity index (χ3n) is 5.72. The number of hydrogen-bond acceptors (Lipinski definition) is 6. The average Bonchev–Trinajstić information content (AvgIpc) is 3.16. The van der Waals surface area contributed by atoms with Gasteiger partial charge in [0.15, 0.2) is 11.5 Å². The third kappa shape index (κ3) is 5.58. The molecule has 1 aliphatic heterocycles. The Morgan fingerprint density at radius 2 is 1.83 bits per heavy atom. The van der Waals surface area contributed by atoms with Gasteiger partial charge in [-0.05, 0) is 34.9 Å². The Balaban J connectivity index is 1.72. The highest BCUT2D eigenvalue weighted by molar-refractivity contribution is 5.53. The van der Waals surface area contributed by atoms with Crippen LogP contribution < -0.4 is 15.2 Å². The molecule has 3 N–H and O–H groups in total. The van der Waals surface area contributed by atoms with E-state index < -0.39 is 30.2 Å². The van der Waals surface area contributed by atoms with Crippen LogP contribution in [0.2, 0.25) is 0 Å². The van der Waals surface area contributed by atoms with Gasteiger partial charge in [-0.1, -0.05) is 36.4 Å². The SMILES string of the molecule is NCc1cc(Oc2cc(C3C(O)C(F)CN3C=O)ccc2OCc2ccccc2)nc(C(F)(F)F)c1. The summed E-state index contributed by atoms with van der Waals surface area (Å²) in [5, 5.41) is 10.3. The number of amides is 1. The lowest BCUT2D eigenvalue weighted by molar-refractivity contribution is -0.141. The van der Waals surface area contributed by atoms with Gasteiger partial charge in [-0.15, -0.1) is 0 Å². The van der Waals surface area contributed by atoms with Gasteiger partial charge in [0.25, 0.3) is 0 Å². The lowest BCUT2D eigenvalue weighted by Crippen LogP contribution is -2.26. The molecule has 1 amide bonds. The van der Waals surface area contributed by atoms with Crippen LogP contribution in [-0.4, -0.2) is 40.2 Å². The van der Waals surface area contributed by atoms with Gasteiger partial charge in [-0.3, -0.25) is 4.79 Å². The summed E-state index contributed by atoms with van der Waals surface area (Å²) in [5.74, 6) is -0.244. The van der Waals surface area contributed by atoms with E-state index in [0.29, 0.717) is 12.0 Å². The van der Waals surface area contributed by atoms with Gasteiger partial charge in [0.1, 0.15) is 24.6 Å². The molecule has 1 aliphatic rings. The van der Waals surface area contributed by atoms with Crippen LogP contribution in [0.3, 0.4) is 0 Å². The Bertz CT molecular complexity index is 1210. The molecule has 1 fully saturated rings. The monoisotopic (exact) mass is 505 g/mol. The number of aliphatic hydroxyl groups is 1. The number of ether oxygens (including phenoxy) is 2. The van der Waals surface area contributed by atoms with Crippen molar-refractivity contribution in [2.45, 2.75) is 37.6 Å². The molecule has 190 valence electrons.